The summed E-state index contributed by atoms with van der Waals surface area (Å²) in [5, 5.41) is 9.77. The Labute approximate surface area is 93.3 Å². The predicted octanol–water partition coefficient (Wildman–Crippen LogP) is 2.10. The monoisotopic (exact) mass is 214 g/mol. The van der Waals surface area contributed by atoms with Crippen molar-refractivity contribution in [1.82, 2.24) is 0 Å². The van der Waals surface area contributed by atoms with Gasteiger partial charge in [0.1, 0.15) is 0 Å². The van der Waals surface area contributed by atoms with E-state index in [1.807, 2.05) is 41.5 Å². The number of rotatable bonds is 3. The lowest BCUT2D eigenvalue weighted by molar-refractivity contribution is 0.00578. The summed E-state index contributed by atoms with van der Waals surface area (Å²) >= 11 is 0. The summed E-state index contributed by atoms with van der Waals surface area (Å²) in [4.78, 5) is 0. The van der Waals surface area contributed by atoms with E-state index in [4.69, 9.17) is 9.31 Å². The fraction of sp³-hybridized carbons (Fsp3) is 1.00. The minimum absolute atomic E-state index is 0.240. The molecule has 0 amide bonds. The molecule has 0 aromatic heterocycles. The van der Waals surface area contributed by atoms with Gasteiger partial charge in [-0.2, -0.15) is 0 Å². The fourth-order valence-corrected chi connectivity index (χ4v) is 1.53. The molecular formula is C11H23BO3. The molecule has 3 nitrogen and oxygen atoms in total. The standard InChI is InChI=1S/C11H23BO3/c1-8(2)9(13)7-12-14-10(3,4)11(5,6)15-12/h8-9,13H,7H2,1-6H3. The van der Waals surface area contributed by atoms with Crippen molar-refractivity contribution in [3.63, 3.8) is 0 Å². The second-order valence-corrected chi connectivity index (χ2v) is 5.73. The zero-order valence-corrected chi connectivity index (χ0v) is 10.7. The van der Waals surface area contributed by atoms with Crippen LogP contribution < -0.4 is 0 Å². The van der Waals surface area contributed by atoms with Crippen molar-refractivity contribution in [1.29, 1.82) is 0 Å². The van der Waals surface area contributed by atoms with Gasteiger partial charge >= 0.3 is 7.12 Å². The third-order valence-corrected chi connectivity index (χ3v) is 3.51. The van der Waals surface area contributed by atoms with E-state index in [2.05, 4.69) is 0 Å². The van der Waals surface area contributed by atoms with Gasteiger partial charge in [-0.15, -0.1) is 0 Å². The molecule has 1 rings (SSSR count). The summed E-state index contributed by atoms with van der Waals surface area (Å²) in [6, 6.07) is 0. The second kappa shape index (κ2) is 4.08. The molecule has 1 unspecified atom stereocenters. The van der Waals surface area contributed by atoms with Crippen LogP contribution >= 0.6 is 0 Å². The van der Waals surface area contributed by atoms with Gasteiger partial charge in [-0.25, -0.2) is 0 Å². The first kappa shape index (κ1) is 13.0. The van der Waals surface area contributed by atoms with Crippen LogP contribution in [0.4, 0.5) is 0 Å². The molecule has 1 aliphatic heterocycles. The Morgan fingerprint density at radius 3 is 1.80 bits per heavy atom. The lowest BCUT2D eigenvalue weighted by atomic mass is 9.78. The fourth-order valence-electron chi connectivity index (χ4n) is 1.53. The van der Waals surface area contributed by atoms with Gasteiger partial charge < -0.3 is 14.4 Å². The molecule has 1 saturated heterocycles. The van der Waals surface area contributed by atoms with Gasteiger partial charge in [0.05, 0.1) is 17.3 Å². The van der Waals surface area contributed by atoms with Crippen LogP contribution in [-0.4, -0.2) is 29.5 Å². The van der Waals surface area contributed by atoms with Crippen LogP contribution in [0.3, 0.4) is 0 Å². The minimum atomic E-state index is -0.361. The molecule has 0 aromatic rings. The van der Waals surface area contributed by atoms with Crippen molar-refractivity contribution in [3.8, 4) is 0 Å². The Kier molecular flexibility index (Phi) is 3.54. The highest BCUT2D eigenvalue weighted by Gasteiger charge is 2.51. The number of aliphatic hydroxyl groups is 1. The maximum Gasteiger partial charge on any atom is 0.460 e. The Bertz CT molecular complexity index is 210. The Balaban J connectivity index is 2.56. The van der Waals surface area contributed by atoms with E-state index in [0.717, 1.165) is 0 Å². The highest BCUT2D eigenvalue weighted by atomic mass is 16.7. The first-order chi connectivity index (χ1) is 6.66. The predicted molar refractivity (Wildman–Crippen MR) is 61.7 cm³/mol. The largest absolute Gasteiger partial charge is 0.460 e. The van der Waals surface area contributed by atoms with Gasteiger partial charge in [0.2, 0.25) is 0 Å². The van der Waals surface area contributed by atoms with Gasteiger partial charge in [0.15, 0.2) is 0 Å². The number of hydrogen-bond acceptors (Lipinski definition) is 3. The molecule has 1 aliphatic rings. The highest BCUT2D eigenvalue weighted by Crippen LogP contribution is 2.38. The van der Waals surface area contributed by atoms with Crippen molar-refractivity contribution >= 4 is 7.12 Å². The molecule has 0 spiro atoms. The molecule has 0 bridgehead atoms. The van der Waals surface area contributed by atoms with Gasteiger partial charge in [0, 0.05) is 6.32 Å². The summed E-state index contributed by atoms with van der Waals surface area (Å²) in [5.41, 5.74) is -0.595. The number of hydrogen-bond donors (Lipinski definition) is 1. The van der Waals surface area contributed by atoms with Gasteiger partial charge in [-0.05, 0) is 33.6 Å². The van der Waals surface area contributed by atoms with Crippen molar-refractivity contribution in [2.24, 2.45) is 5.92 Å². The zero-order valence-electron chi connectivity index (χ0n) is 10.7. The summed E-state index contributed by atoms with van der Waals surface area (Å²) in [6.45, 7) is 12.1. The van der Waals surface area contributed by atoms with Crippen LogP contribution in [-0.2, 0) is 9.31 Å². The van der Waals surface area contributed by atoms with Gasteiger partial charge in [-0.3, -0.25) is 0 Å². The topological polar surface area (TPSA) is 38.7 Å². The van der Waals surface area contributed by atoms with Crippen LogP contribution in [0.25, 0.3) is 0 Å². The van der Waals surface area contributed by atoms with E-state index >= 15 is 0 Å². The van der Waals surface area contributed by atoms with E-state index in [0.29, 0.717) is 6.32 Å². The van der Waals surface area contributed by atoms with Gasteiger partial charge in [-0.1, -0.05) is 13.8 Å². The van der Waals surface area contributed by atoms with Crippen molar-refractivity contribution in [2.75, 3.05) is 0 Å². The second-order valence-electron chi connectivity index (χ2n) is 5.73. The Hall–Kier alpha value is -0.0551. The van der Waals surface area contributed by atoms with Gasteiger partial charge in [0.25, 0.3) is 0 Å². The maximum atomic E-state index is 9.77. The van der Waals surface area contributed by atoms with Crippen LogP contribution in [0, 0.1) is 5.92 Å². The maximum absolute atomic E-state index is 9.77. The first-order valence-corrected chi connectivity index (χ1v) is 5.69. The summed E-state index contributed by atoms with van der Waals surface area (Å²) in [6.07, 6.45) is 0.185. The first-order valence-electron chi connectivity index (χ1n) is 5.69. The molecule has 1 heterocycles. The normalized spacial score (nSPS) is 26.0. The lowest BCUT2D eigenvalue weighted by Crippen LogP contribution is -2.41. The van der Waals surface area contributed by atoms with Crippen molar-refractivity contribution < 1.29 is 14.4 Å². The van der Waals surface area contributed by atoms with Crippen LogP contribution in [0.1, 0.15) is 41.5 Å². The molecule has 1 fully saturated rings. The smallest absolute Gasteiger partial charge is 0.403 e. The average molecular weight is 214 g/mol. The average Bonchev–Trinajstić information content (AvgIpc) is 2.19. The SMILES string of the molecule is CC(C)C(O)CB1OC(C)(C)C(C)(C)O1. The summed E-state index contributed by atoms with van der Waals surface area (Å²) in [5.74, 6) is 0.240. The molecule has 0 aromatic carbocycles. The molecule has 1 atom stereocenters. The molecular weight excluding hydrogens is 191 g/mol. The summed E-state index contributed by atoms with van der Waals surface area (Å²) < 4.78 is 11.6. The van der Waals surface area contributed by atoms with Crippen molar-refractivity contribution in [2.45, 2.75) is 65.2 Å². The van der Waals surface area contributed by atoms with E-state index in [1.54, 1.807) is 0 Å². The van der Waals surface area contributed by atoms with Crippen molar-refractivity contribution in [3.05, 3.63) is 0 Å². The quantitative estimate of drug-likeness (QED) is 0.731. The highest BCUT2D eigenvalue weighted by molar-refractivity contribution is 6.45. The minimum Gasteiger partial charge on any atom is -0.403 e. The third-order valence-electron chi connectivity index (χ3n) is 3.51. The molecule has 15 heavy (non-hydrogen) atoms. The van der Waals surface area contributed by atoms with Crippen LogP contribution in [0.2, 0.25) is 6.32 Å². The van der Waals surface area contributed by atoms with E-state index in [9.17, 15) is 5.11 Å². The third kappa shape index (κ3) is 2.74. The molecule has 0 saturated carbocycles. The molecule has 88 valence electrons. The van der Waals surface area contributed by atoms with Crippen LogP contribution in [0.5, 0.6) is 0 Å². The number of aliphatic hydroxyl groups excluding tert-OH is 1. The molecule has 4 heteroatoms. The van der Waals surface area contributed by atoms with Crippen LogP contribution in [0.15, 0.2) is 0 Å². The summed E-state index contributed by atoms with van der Waals surface area (Å²) in [7, 11) is -0.285. The van der Waals surface area contributed by atoms with E-state index in [1.165, 1.54) is 0 Å². The lowest BCUT2D eigenvalue weighted by Gasteiger charge is -2.32. The van der Waals surface area contributed by atoms with E-state index < -0.39 is 0 Å². The zero-order chi connectivity index (χ0) is 11.9. The molecule has 1 N–H and O–H groups in total. The molecule has 0 radical (unpaired) electrons. The Morgan fingerprint density at radius 1 is 1.07 bits per heavy atom. The van der Waals surface area contributed by atoms with E-state index in [-0.39, 0.29) is 30.3 Å². The molecule has 0 aliphatic carbocycles. The Morgan fingerprint density at radius 2 is 1.47 bits per heavy atom.